The number of carbonyl (C=O) groups excluding carboxylic acids is 2. The maximum atomic E-state index is 12.8. The van der Waals surface area contributed by atoms with Gasteiger partial charge in [0.2, 0.25) is 21.8 Å². The van der Waals surface area contributed by atoms with Gasteiger partial charge in [0.15, 0.2) is 0 Å². The summed E-state index contributed by atoms with van der Waals surface area (Å²) in [4.78, 5) is 25.3. The summed E-state index contributed by atoms with van der Waals surface area (Å²) in [5.74, 6) is -0.00906. The van der Waals surface area contributed by atoms with Gasteiger partial charge in [-0.05, 0) is 38.5 Å². The molecule has 2 saturated carbocycles. The molecule has 0 aromatic rings. The Kier molecular flexibility index (Phi) is 6.46. The van der Waals surface area contributed by atoms with Gasteiger partial charge in [-0.1, -0.05) is 32.1 Å². The Hall–Kier alpha value is -1.15. The van der Waals surface area contributed by atoms with Gasteiger partial charge in [-0.25, -0.2) is 8.42 Å². The molecule has 0 radical (unpaired) electrons. The van der Waals surface area contributed by atoms with Crippen molar-refractivity contribution in [1.29, 1.82) is 0 Å². The van der Waals surface area contributed by atoms with Crippen LogP contribution in [0.5, 0.6) is 0 Å². The monoisotopic (exact) mass is 399 g/mol. The molecule has 27 heavy (non-hydrogen) atoms. The van der Waals surface area contributed by atoms with Crippen LogP contribution in [0.25, 0.3) is 0 Å². The SMILES string of the molecule is CCS(=O)(=O)N1CC(NC(=O)CC2CCCCC2)C(=O)NC2(CCCC2)C1. The first-order chi connectivity index (χ1) is 12.8. The van der Waals surface area contributed by atoms with E-state index in [1.54, 1.807) is 6.92 Å². The summed E-state index contributed by atoms with van der Waals surface area (Å²) in [5.41, 5.74) is -0.484. The topological polar surface area (TPSA) is 95.6 Å². The van der Waals surface area contributed by atoms with Gasteiger partial charge in [0.25, 0.3) is 0 Å². The number of carbonyl (C=O) groups is 2. The molecule has 1 heterocycles. The molecule has 1 saturated heterocycles. The van der Waals surface area contributed by atoms with E-state index >= 15 is 0 Å². The molecule has 3 aliphatic rings. The third kappa shape index (κ3) is 5.02. The Morgan fingerprint density at radius 3 is 2.48 bits per heavy atom. The molecule has 1 unspecified atom stereocenters. The van der Waals surface area contributed by atoms with Crippen molar-refractivity contribution in [3.8, 4) is 0 Å². The molecule has 0 aromatic carbocycles. The molecule has 2 aliphatic carbocycles. The van der Waals surface area contributed by atoms with E-state index < -0.39 is 21.6 Å². The third-order valence-corrected chi connectivity index (χ3v) is 8.22. The highest BCUT2D eigenvalue weighted by Crippen LogP contribution is 2.33. The van der Waals surface area contributed by atoms with E-state index in [9.17, 15) is 18.0 Å². The Morgan fingerprint density at radius 2 is 1.85 bits per heavy atom. The van der Waals surface area contributed by atoms with Gasteiger partial charge in [-0.2, -0.15) is 4.31 Å². The first-order valence-electron chi connectivity index (χ1n) is 10.4. The molecule has 3 fully saturated rings. The van der Waals surface area contributed by atoms with Crippen LogP contribution in [-0.4, -0.2) is 55.0 Å². The van der Waals surface area contributed by atoms with Gasteiger partial charge in [-0.3, -0.25) is 9.59 Å². The second-order valence-corrected chi connectivity index (χ2v) is 10.8. The molecule has 1 aliphatic heterocycles. The van der Waals surface area contributed by atoms with Crippen LogP contribution in [0.3, 0.4) is 0 Å². The molecule has 154 valence electrons. The maximum absolute atomic E-state index is 12.8. The zero-order valence-corrected chi connectivity index (χ0v) is 17.2. The van der Waals surface area contributed by atoms with Crippen molar-refractivity contribution in [2.75, 3.05) is 18.8 Å². The van der Waals surface area contributed by atoms with Crippen LogP contribution in [0.4, 0.5) is 0 Å². The molecule has 0 aromatic heterocycles. The second-order valence-electron chi connectivity index (χ2n) is 8.50. The predicted molar refractivity (Wildman–Crippen MR) is 103 cm³/mol. The van der Waals surface area contributed by atoms with Gasteiger partial charge >= 0.3 is 0 Å². The van der Waals surface area contributed by atoms with Gasteiger partial charge in [0, 0.05) is 19.5 Å². The molecule has 2 amide bonds. The van der Waals surface area contributed by atoms with E-state index in [1.807, 2.05) is 0 Å². The van der Waals surface area contributed by atoms with Crippen LogP contribution in [0, 0.1) is 5.92 Å². The summed E-state index contributed by atoms with van der Waals surface area (Å²) >= 11 is 0. The van der Waals surface area contributed by atoms with Crippen molar-refractivity contribution in [2.45, 2.75) is 82.7 Å². The lowest BCUT2D eigenvalue weighted by Gasteiger charge is -2.32. The maximum Gasteiger partial charge on any atom is 0.244 e. The Labute approximate surface area is 162 Å². The normalized spacial score (nSPS) is 27.3. The minimum atomic E-state index is -3.44. The van der Waals surface area contributed by atoms with E-state index in [4.69, 9.17) is 0 Å². The van der Waals surface area contributed by atoms with Gasteiger partial charge in [0.1, 0.15) is 6.04 Å². The highest BCUT2D eigenvalue weighted by Gasteiger charge is 2.45. The van der Waals surface area contributed by atoms with Crippen LogP contribution >= 0.6 is 0 Å². The van der Waals surface area contributed by atoms with Crippen molar-refractivity contribution in [3.05, 3.63) is 0 Å². The van der Waals surface area contributed by atoms with Crippen molar-refractivity contribution >= 4 is 21.8 Å². The number of hydrogen-bond acceptors (Lipinski definition) is 4. The number of nitrogens with zero attached hydrogens (tertiary/aromatic N) is 1. The fourth-order valence-corrected chi connectivity index (χ4v) is 6.01. The predicted octanol–water partition coefficient (Wildman–Crippen LogP) is 1.54. The Bertz CT molecular complexity index is 652. The zero-order chi connectivity index (χ0) is 19.5. The molecule has 0 bridgehead atoms. The van der Waals surface area contributed by atoms with Crippen LogP contribution in [-0.2, 0) is 19.6 Å². The van der Waals surface area contributed by atoms with Crippen molar-refractivity contribution in [3.63, 3.8) is 0 Å². The van der Waals surface area contributed by atoms with Crippen LogP contribution in [0.1, 0.15) is 71.1 Å². The molecule has 2 N–H and O–H groups in total. The van der Waals surface area contributed by atoms with Crippen LogP contribution in [0.2, 0.25) is 0 Å². The molecule has 7 nitrogen and oxygen atoms in total. The summed E-state index contributed by atoms with van der Waals surface area (Å²) in [7, 11) is -3.44. The fraction of sp³-hybridized carbons (Fsp3) is 0.895. The zero-order valence-electron chi connectivity index (χ0n) is 16.3. The molecular formula is C19H33N3O4S. The summed E-state index contributed by atoms with van der Waals surface area (Å²) in [6.45, 7) is 1.96. The highest BCUT2D eigenvalue weighted by molar-refractivity contribution is 7.89. The minimum Gasteiger partial charge on any atom is -0.348 e. The quantitative estimate of drug-likeness (QED) is 0.733. The van der Waals surface area contributed by atoms with Crippen LogP contribution in [0.15, 0.2) is 0 Å². The standard InChI is InChI=1S/C19H33N3O4S/c1-2-27(25,26)22-13-16(18(24)21-19(14-22)10-6-7-11-19)20-17(23)12-15-8-4-3-5-9-15/h15-16H,2-14H2,1H3,(H,20,23)(H,21,24). The third-order valence-electron chi connectivity index (χ3n) is 6.42. The van der Waals surface area contributed by atoms with E-state index in [0.29, 0.717) is 18.9 Å². The number of sulfonamides is 1. The lowest BCUT2D eigenvalue weighted by molar-refractivity contribution is -0.130. The highest BCUT2D eigenvalue weighted by atomic mass is 32.2. The molecular weight excluding hydrogens is 366 g/mol. The average molecular weight is 400 g/mol. The van der Waals surface area contributed by atoms with E-state index in [1.165, 1.54) is 10.7 Å². The molecule has 1 atom stereocenters. The Balaban J connectivity index is 1.71. The molecule has 3 rings (SSSR count). The number of amides is 2. The molecule has 8 heteroatoms. The fourth-order valence-electron chi connectivity index (χ4n) is 4.82. The lowest BCUT2D eigenvalue weighted by Crippen LogP contribution is -2.54. The smallest absolute Gasteiger partial charge is 0.244 e. The molecule has 1 spiro atoms. The minimum absolute atomic E-state index is 0.0000109. The summed E-state index contributed by atoms with van der Waals surface area (Å²) in [5, 5.41) is 5.91. The summed E-state index contributed by atoms with van der Waals surface area (Å²) in [6, 6.07) is -0.817. The second kappa shape index (κ2) is 8.47. The number of rotatable bonds is 5. The van der Waals surface area contributed by atoms with Gasteiger partial charge in [0.05, 0.1) is 11.3 Å². The largest absolute Gasteiger partial charge is 0.348 e. The van der Waals surface area contributed by atoms with Crippen molar-refractivity contribution < 1.29 is 18.0 Å². The first kappa shape index (κ1) is 20.6. The number of nitrogens with one attached hydrogen (secondary N) is 2. The average Bonchev–Trinajstić information content (AvgIpc) is 3.03. The Morgan fingerprint density at radius 1 is 1.19 bits per heavy atom. The first-order valence-corrected chi connectivity index (χ1v) is 12.0. The van der Waals surface area contributed by atoms with Crippen molar-refractivity contribution in [2.24, 2.45) is 5.92 Å². The van der Waals surface area contributed by atoms with Crippen LogP contribution < -0.4 is 10.6 Å². The van der Waals surface area contributed by atoms with E-state index in [0.717, 1.165) is 51.4 Å². The van der Waals surface area contributed by atoms with E-state index in [-0.39, 0.29) is 24.1 Å². The summed E-state index contributed by atoms with van der Waals surface area (Å²) in [6.07, 6.45) is 9.64. The lowest BCUT2D eigenvalue weighted by atomic mass is 9.87. The van der Waals surface area contributed by atoms with E-state index in [2.05, 4.69) is 10.6 Å². The van der Waals surface area contributed by atoms with Gasteiger partial charge < -0.3 is 10.6 Å². The summed E-state index contributed by atoms with van der Waals surface area (Å²) < 4.78 is 26.6. The number of hydrogen-bond donors (Lipinski definition) is 2. The van der Waals surface area contributed by atoms with Gasteiger partial charge in [-0.15, -0.1) is 0 Å². The van der Waals surface area contributed by atoms with Crippen molar-refractivity contribution in [1.82, 2.24) is 14.9 Å².